The van der Waals surface area contributed by atoms with Gasteiger partial charge >= 0.3 is 17.9 Å². The molecule has 0 N–H and O–H groups in total. The molecule has 14 nitrogen and oxygen atoms in total. The Morgan fingerprint density at radius 1 is 0.474 bits per heavy atom. The van der Waals surface area contributed by atoms with Crippen LogP contribution in [0.25, 0.3) is 0 Å². The first kappa shape index (κ1) is 38.2. The van der Waals surface area contributed by atoms with Gasteiger partial charge in [0.15, 0.2) is 30.6 Å². The molecule has 38 heavy (non-hydrogen) atoms. The summed E-state index contributed by atoms with van der Waals surface area (Å²) in [6.45, 7) is 0. The first-order valence-electron chi connectivity index (χ1n) is 11.5. The maximum atomic E-state index is 12.2. The molecule has 0 aliphatic heterocycles. The summed E-state index contributed by atoms with van der Waals surface area (Å²) in [6.07, 6.45) is -1.89. The summed E-state index contributed by atoms with van der Waals surface area (Å²) in [5, 5.41) is 0. The van der Waals surface area contributed by atoms with Crippen molar-refractivity contribution in [1.29, 1.82) is 0 Å². The number of esters is 3. The van der Waals surface area contributed by atoms with E-state index < -0.39 is 48.4 Å². The molecule has 0 saturated heterocycles. The zero-order valence-corrected chi connectivity index (χ0v) is 24.4. The number of rotatable bonds is 19. The number of hydrogen-bond acceptors (Lipinski definition) is 14. The van der Waals surface area contributed by atoms with Crippen LogP contribution in [0.15, 0.2) is 0 Å². The molecule has 0 bridgehead atoms. The van der Waals surface area contributed by atoms with E-state index in [9.17, 15) is 14.4 Å². The lowest BCUT2D eigenvalue weighted by molar-refractivity contribution is -0.195. The first-order valence-corrected chi connectivity index (χ1v) is 11.5. The molecular formula is C24H46O14. The van der Waals surface area contributed by atoms with Gasteiger partial charge in [0.1, 0.15) is 0 Å². The average molecular weight is 559 g/mol. The lowest BCUT2D eigenvalue weighted by Gasteiger charge is -2.32. The molecule has 0 unspecified atom stereocenters. The third-order valence-corrected chi connectivity index (χ3v) is 5.77. The Labute approximate surface area is 225 Å². The van der Waals surface area contributed by atoms with E-state index in [0.717, 1.165) is 0 Å². The van der Waals surface area contributed by atoms with Gasteiger partial charge in [0.25, 0.3) is 0 Å². The van der Waals surface area contributed by atoms with Crippen LogP contribution in [0.2, 0.25) is 0 Å². The Morgan fingerprint density at radius 3 is 0.974 bits per heavy atom. The minimum absolute atomic E-state index is 0.0947. The largest absolute Gasteiger partial charge is 0.469 e. The van der Waals surface area contributed by atoms with Crippen LogP contribution in [0, 0.1) is 11.3 Å². The third-order valence-electron chi connectivity index (χ3n) is 5.77. The second kappa shape index (κ2) is 22.0. The number of methoxy groups -OCH3 is 11. The minimum atomic E-state index is -1.66. The zero-order chi connectivity index (χ0) is 29.7. The highest BCUT2D eigenvalue weighted by atomic mass is 16.7. The van der Waals surface area contributed by atoms with Crippen molar-refractivity contribution in [3.8, 4) is 0 Å². The maximum Gasteiger partial charge on any atom is 0.323 e. The molecular weight excluding hydrogens is 512 g/mol. The van der Waals surface area contributed by atoms with Gasteiger partial charge in [-0.3, -0.25) is 14.4 Å². The van der Waals surface area contributed by atoms with E-state index in [2.05, 4.69) is 0 Å². The van der Waals surface area contributed by atoms with E-state index in [1.807, 2.05) is 0 Å². The van der Waals surface area contributed by atoms with E-state index in [1.165, 1.54) is 78.2 Å². The summed E-state index contributed by atoms with van der Waals surface area (Å²) < 4.78 is 54.8. The maximum absolute atomic E-state index is 12.2. The fourth-order valence-electron chi connectivity index (χ4n) is 3.48. The van der Waals surface area contributed by atoms with E-state index in [4.69, 9.17) is 52.1 Å². The summed E-state index contributed by atoms with van der Waals surface area (Å²) >= 11 is 0. The molecule has 0 fully saturated rings. The highest BCUT2D eigenvalue weighted by Crippen LogP contribution is 2.35. The number of hydrogen-bond donors (Lipinski definition) is 0. The Morgan fingerprint density at radius 2 is 0.763 bits per heavy atom. The third kappa shape index (κ3) is 12.8. The van der Waals surface area contributed by atoms with Gasteiger partial charge in [-0.15, -0.1) is 0 Å². The highest BCUT2D eigenvalue weighted by molar-refractivity contribution is 6.00. The van der Waals surface area contributed by atoms with Crippen molar-refractivity contribution in [3.05, 3.63) is 0 Å². The van der Waals surface area contributed by atoms with Gasteiger partial charge in [-0.2, -0.15) is 0 Å². The predicted octanol–water partition coefficient (Wildman–Crippen LogP) is 1.13. The number of carbonyl (C=O) groups excluding carboxylic acids is 3. The van der Waals surface area contributed by atoms with Crippen LogP contribution in [-0.2, 0) is 66.5 Å². The van der Waals surface area contributed by atoms with Crippen molar-refractivity contribution in [2.75, 3.05) is 78.2 Å². The molecule has 0 aliphatic rings. The van der Waals surface area contributed by atoms with Crippen molar-refractivity contribution in [2.45, 2.75) is 50.8 Å². The van der Waals surface area contributed by atoms with Gasteiger partial charge in [-0.1, -0.05) is 0 Å². The number of carbonyl (C=O) groups is 3. The summed E-state index contributed by atoms with van der Waals surface area (Å²) in [7, 11) is 15.4. The zero-order valence-electron chi connectivity index (χ0n) is 24.4. The summed E-state index contributed by atoms with van der Waals surface area (Å²) in [6, 6.07) is 0. The van der Waals surface area contributed by atoms with Crippen molar-refractivity contribution in [2.24, 2.45) is 11.3 Å². The average Bonchev–Trinajstić information content (AvgIpc) is 2.96. The lowest BCUT2D eigenvalue weighted by atomic mass is 9.80. The van der Waals surface area contributed by atoms with Crippen molar-refractivity contribution in [3.63, 3.8) is 0 Å². The Bertz CT molecular complexity index is 582. The van der Waals surface area contributed by atoms with Crippen LogP contribution < -0.4 is 0 Å². The van der Waals surface area contributed by atoms with Crippen molar-refractivity contribution >= 4 is 17.9 Å². The fraction of sp³-hybridized carbons (Fsp3) is 0.875. The lowest BCUT2D eigenvalue weighted by Crippen LogP contribution is -2.47. The summed E-state index contributed by atoms with van der Waals surface area (Å²) in [5.74, 6) is -2.27. The molecule has 0 aromatic heterocycles. The van der Waals surface area contributed by atoms with Gasteiger partial charge in [-0.25, -0.2) is 0 Å². The van der Waals surface area contributed by atoms with Crippen molar-refractivity contribution < 1.29 is 66.5 Å². The van der Waals surface area contributed by atoms with Crippen LogP contribution in [0.1, 0.15) is 25.7 Å². The Balaban J connectivity index is 0. The molecule has 0 heterocycles. The predicted molar refractivity (Wildman–Crippen MR) is 132 cm³/mol. The minimum Gasteiger partial charge on any atom is -0.469 e. The van der Waals surface area contributed by atoms with Crippen LogP contribution >= 0.6 is 0 Å². The molecule has 14 heteroatoms. The van der Waals surface area contributed by atoms with Gasteiger partial charge in [0.05, 0.1) is 27.2 Å². The summed E-state index contributed by atoms with van der Waals surface area (Å²) in [5.41, 5.74) is -1.66. The van der Waals surface area contributed by atoms with Crippen LogP contribution in [0.5, 0.6) is 0 Å². The monoisotopic (exact) mass is 558 g/mol. The van der Waals surface area contributed by atoms with E-state index in [0.29, 0.717) is 12.8 Å². The second-order valence-corrected chi connectivity index (χ2v) is 7.77. The molecule has 226 valence electrons. The van der Waals surface area contributed by atoms with E-state index in [1.54, 1.807) is 0 Å². The SMILES string of the molecule is COC(=O)C(CC(OC)OC)(CC(OC)OC)C(=O)OC.COC(=O)C(CC(OC)OC)CC(OC)OC. The Hall–Kier alpha value is -1.91. The molecule has 0 aromatic carbocycles. The molecule has 0 saturated carbocycles. The number of ether oxygens (including phenoxy) is 11. The van der Waals surface area contributed by atoms with Gasteiger partial charge in [-0.05, 0) is 0 Å². The van der Waals surface area contributed by atoms with Crippen LogP contribution in [0.3, 0.4) is 0 Å². The topological polar surface area (TPSA) is 153 Å². The summed E-state index contributed by atoms with van der Waals surface area (Å²) in [4.78, 5) is 36.0. The first-order chi connectivity index (χ1) is 18.1. The molecule has 0 amide bonds. The highest BCUT2D eigenvalue weighted by Gasteiger charge is 2.52. The van der Waals surface area contributed by atoms with E-state index in [-0.39, 0.29) is 18.8 Å². The Kier molecular flexibility index (Phi) is 22.1. The molecule has 0 aliphatic carbocycles. The normalized spacial score (nSPS) is 11.7. The quantitative estimate of drug-likeness (QED) is 0.0963. The van der Waals surface area contributed by atoms with Gasteiger partial charge in [0.2, 0.25) is 0 Å². The molecule has 0 radical (unpaired) electrons. The van der Waals surface area contributed by atoms with Gasteiger partial charge in [0, 0.05) is 82.6 Å². The molecule has 0 aromatic rings. The fourth-order valence-corrected chi connectivity index (χ4v) is 3.48. The van der Waals surface area contributed by atoms with E-state index >= 15 is 0 Å². The molecule has 0 atom stereocenters. The van der Waals surface area contributed by atoms with Crippen LogP contribution in [-0.4, -0.2) is 121 Å². The van der Waals surface area contributed by atoms with Crippen molar-refractivity contribution in [1.82, 2.24) is 0 Å². The van der Waals surface area contributed by atoms with Crippen LogP contribution in [0.4, 0.5) is 0 Å². The standard InChI is InChI=1S/C13H24O8.C11H22O6/c1-16-9(17-2)7-13(11(14)20-5,12(15)21-6)8-10(18-3)19-4;1-13-9(14-2)6-8(11(12)17-5)7-10(15-3)16-4/h9-10H,7-8H2,1-6H3;8-10H,6-7H2,1-5H3. The molecule has 0 spiro atoms. The molecule has 0 rings (SSSR count). The van der Waals surface area contributed by atoms with Gasteiger partial charge < -0.3 is 52.1 Å². The smallest absolute Gasteiger partial charge is 0.323 e. The second-order valence-electron chi connectivity index (χ2n) is 7.77.